The van der Waals surface area contributed by atoms with Gasteiger partial charge in [0.1, 0.15) is 0 Å². The molecule has 1 atom stereocenters. The van der Waals surface area contributed by atoms with Gasteiger partial charge in [-0.15, -0.1) is 12.4 Å². The summed E-state index contributed by atoms with van der Waals surface area (Å²) in [7, 11) is -1.37. The van der Waals surface area contributed by atoms with Crippen LogP contribution in [0.1, 0.15) is 12.8 Å². The second kappa shape index (κ2) is 7.82. The zero-order valence-electron chi connectivity index (χ0n) is 5.53. The minimum absolute atomic E-state index is 0. The van der Waals surface area contributed by atoms with Gasteiger partial charge in [0.15, 0.2) is 0 Å². The lowest BCUT2D eigenvalue weighted by atomic mass is 9.78. The van der Waals surface area contributed by atoms with E-state index in [2.05, 4.69) is 15.9 Å². The Labute approximate surface area is 75.7 Å². The second-order valence-corrected chi connectivity index (χ2v) is 2.70. The van der Waals surface area contributed by atoms with Gasteiger partial charge in [-0.3, -0.25) is 0 Å². The van der Waals surface area contributed by atoms with Gasteiger partial charge in [-0.1, -0.05) is 15.9 Å². The predicted molar refractivity (Wildman–Crippen MR) is 48.4 cm³/mol. The molecule has 0 fully saturated rings. The first-order chi connectivity index (χ1) is 4.18. The van der Waals surface area contributed by atoms with E-state index in [9.17, 15) is 0 Å². The summed E-state index contributed by atoms with van der Waals surface area (Å²) in [5.74, 6) is -0.498. The lowest BCUT2D eigenvalue weighted by molar-refractivity contribution is 0.382. The highest BCUT2D eigenvalue weighted by atomic mass is 79.9. The van der Waals surface area contributed by atoms with Gasteiger partial charge in [-0.2, -0.15) is 0 Å². The van der Waals surface area contributed by atoms with Crippen LogP contribution in [-0.4, -0.2) is 28.4 Å². The Balaban J connectivity index is 0. The molecule has 0 aromatic carbocycles. The molecule has 0 heterocycles. The molecule has 0 saturated carbocycles. The molecule has 0 rings (SSSR count). The van der Waals surface area contributed by atoms with E-state index >= 15 is 0 Å². The molecule has 62 valence electrons. The van der Waals surface area contributed by atoms with Crippen LogP contribution in [0.4, 0.5) is 0 Å². The Bertz CT molecular complexity index is 78.3. The van der Waals surface area contributed by atoms with E-state index in [1.54, 1.807) is 0 Å². The third kappa shape index (κ3) is 6.83. The maximum Gasteiger partial charge on any atom is 0.469 e. The topological polar surface area (TPSA) is 66.5 Å². The van der Waals surface area contributed by atoms with Crippen LogP contribution in [0.25, 0.3) is 0 Å². The van der Waals surface area contributed by atoms with Crippen molar-refractivity contribution in [1.82, 2.24) is 0 Å². The number of rotatable bonds is 4. The van der Waals surface area contributed by atoms with Gasteiger partial charge < -0.3 is 15.8 Å². The van der Waals surface area contributed by atoms with Crippen molar-refractivity contribution in [1.29, 1.82) is 0 Å². The van der Waals surface area contributed by atoms with Crippen molar-refractivity contribution in [2.24, 2.45) is 5.73 Å². The molecule has 1 unspecified atom stereocenters. The molecule has 0 radical (unpaired) electrons. The molecular weight excluding hydrogens is 220 g/mol. The average Bonchev–Trinajstić information content (AvgIpc) is 1.82. The maximum atomic E-state index is 8.46. The van der Waals surface area contributed by atoms with E-state index in [1.807, 2.05) is 0 Å². The molecule has 0 aliphatic rings. The van der Waals surface area contributed by atoms with Gasteiger partial charge in [0.25, 0.3) is 0 Å². The average molecular weight is 232 g/mol. The first-order valence-electron chi connectivity index (χ1n) is 2.86. The summed E-state index contributed by atoms with van der Waals surface area (Å²) < 4.78 is 0. The molecule has 0 spiro atoms. The summed E-state index contributed by atoms with van der Waals surface area (Å²) >= 11 is 3.21. The van der Waals surface area contributed by atoms with Crippen LogP contribution in [0, 0.1) is 0 Å². The van der Waals surface area contributed by atoms with E-state index < -0.39 is 13.1 Å². The molecule has 3 nitrogen and oxygen atoms in total. The molecule has 0 aromatic rings. The Morgan fingerprint density at radius 2 is 2.00 bits per heavy atom. The van der Waals surface area contributed by atoms with Gasteiger partial charge in [-0.05, 0) is 12.8 Å². The zero-order chi connectivity index (χ0) is 7.28. The first kappa shape index (κ1) is 13.3. The predicted octanol–water partition coefficient (Wildman–Crippen LogP) is -0.0774. The van der Waals surface area contributed by atoms with Crippen molar-refractivity contribution in [2.45, 2.75) is 18.8 Å². The maximum absolute atomic E-state index is 8.46. The molecule has 0 saturated heterocycles. The van der Waals surface area contributed by atoms with Crippen LogP contribution < -0.4 is 5.73 Å². The second-order valence-electron chi connectivity index (χ2n) is 1.91. The molecule has 0 aromatic heterocycles. The third-order valence-electron chi connectivity index (χ3n) is 1.05. The number of halogens is 2. The SMILES string of the molecule is Cl.NC(CCCBr)B(O)O. The fourth-order valence-corrected chi connectivity index (χ4v) is 0.786. The van der Waals surface area contributed by atoms with Crippen molar-refractivity contribution >= 4 is 35.5 Å². The summed E-state index contributed by atoms with van der Waals surface area (Å²) in [6.07, 6.45) is 1.52. The van der Waals surface area contributed by atoms with Crippen LogP contribution >= 0.6 is 28.3 Å². The van der Waals surface area contributed by atoms with Gasteiger partial charge in [0.2, 0.25) is 0 Å². The van der Waals surface area contributed by atoms with E-state index in [4.69, 9.17) is 15.8 Å². The van der Waals surface area contributed by atoms with Crippen molar-refractivity contribution in [3.8, 4) is 0 Å². The molecule has 0 amide bonds. The van der Waals surface area contributed by atoms with Crippen molar-refractivity contribution < 1.29 is 10.0 Å². The number of alkyl halides is 1. The summed E-state index contributed by atoms with van der Waals surface area (Å²) in [5, 5.41) is 17.8. The Morgan fingerprint density at radius 1 is 1.50 bits per heavy atom. The number of hydrogen-bond acceptors (Lipinski definition) is 3. The number of nitrogens with two attached hydrogens (primary N) is 1. The molecule has 10 heavy (non-hydrogen) atoms. The van der Waals surface area contributed by atoms with Crippen molar-refractivity contribution in [2.75, 3.05) is 5.33 Å². The molecule has 0 bridgehead atoms. The van der Waals surface area contributed by atoms with E-state index in [1.165, 1.54) is 0 Å². The van der Waals surface area contributed by atoms with Gasteiger partial charge in [0.05, 0.1) is 0 Å². The van der Waals surface area contributed by atoms with E-state index in [0.717, 1.165) is 11.8 Å². The standard InChI is InChI=1S/C4H11BBrNO2.ClH/c6-3-1-2-4(7)5(8)9;/h4,8-9H,1-3,7H2;1H. The third-order valence-corrected chi connectivity index (χ3v) is 1.61. The van der Waals surface area contributed by atoms with Gasteiger partial charge in [0, 0.05) is 11.3 Å². The monoisotopic (exact) mass is 231 g/mol. The fourth-order valence-electron chi connectivity index (χ4n) is 0.462. The molecule has 4 N–H and O–H groups in total. The summed E-state index contributed by atoms with van der Waals surface area (Å²) in [6, 6.07) is 0. The smallest absolute Gasteiger partial charge is 0.426 e. The molecular formula is C4H12BBrClNO2. The summed E-state index contributed by atoms with van der Waals surface area (Å²) in [6.45, 7) is 0. The van der Waals surface area contributed by atoms with Crippen LogP contribution in [-0.2, 0) is 0 Å². The Kier molecular flexibility index (Phi) is 10.4. The van der Waals surface area contributed by atoms with E-state index in [-0.39, 0.29) is 12.4 Å². The largest absolute Gasteiger partial charge is 0.469 e. The van der Waals surface area contributed by atoms with E-state index in [0.29, 0.717) is 6.42 Å². The minimum Gasteiger partial charge on any atom is -0.426 e. The van der Waals surface area contributed by atoms with Crippen LogP contribution in [0.15, 0.2) is 0 Å². The van der Waals surface area contributed by atoms with Crippen LogP contribution in [0.3, 0.4) is 0 Å². The lowest BCUT2D eigenvalue weighted by Gasteiger charge is -2.06. The Morgan fingerprint density at radius 3 is 2.30 bits per heavy atom. The number of hydrogen-bond donors (Lipinski definition) is 3. The van der Waals surface area contributed by atoms with Crippen molar-refractivity contribution in [3.63, 3.8) is 0 Å². The molecule has 0 aliphatic carbocycles. The van der Waals surface area contributed by atoms with Crippen LogP contribution in [0.2, 0.25) is 0 Å². The van der Waals surface area contributed by atoms with Gasteiger partial charge in [-0.25, -0.2) is 0 Å². The summed E-state index contributed by atoms with van der Waals surface area (Å²) in [4.78, 5) is 0. The van der Waals surface area contributed by atoms with Crippen molar-refractivity contribution in [3.05, 3.63) is 0 Å². The van der Waals surface area contributed by atoms with Gasteiger partial charge >= 0.3 is 7.12 Å². The molecule has 0 aliphatic heterocycles. The normalized spacial score (nSPS) is 12.0. The lowest BCUT2D eigenvalue weighted by Crippen LogP contribution is -2.38. The Hall–Kier alpha value is 0.715. The zero-order valence-corrected chi connectivity index (χ0v) is 7.94. The minimum atomic E-state index is -1.37. The quantitative estimate of drug-likeness (QED) is 0.469. The summed E-state index contributed by atoms with van der Waals surface area (Å²) in [5.41, 5.74) is 5.28. The molecule has 6 heteroatoms. The van der Waals surface area contributed by atoms with Crippen LogP contribution in [0.5, 0.6) is 0 Å². The first-order valence-corrected chi connectivity index (χ1v) is 3.98. The highest BCUT2D eigenvalue weighted by molar-refractivity contribution is 9.09. The highest BCUT2D eigenvalue weighted by Crippen LogP contribution is 1.97. The highest BCUT2D eigenvalue weighted by Gasteiger charge is 2.16. The fraction of sp³-hybridized carbons (Fsp3) is 1.00.